The van der Waals surface area contributed by atoms with Gasteiger partial charge in [-0.15, -0.1) is 24.0 Å². The zero-order chi connectivity index (χ0) is 21.2. The maximum absolute atomic E-state index is 5.39. The largest absolute Gasteiger partial charge is 0.493 e. The maximum atomic E-state index is 5.39. The van der Waals surface area contributed by atoms with Gasteiger partial charge in [-0.05, 0) is 37.5 Å². The van der Waals surface area contributed by atoms with Gasteiger partial charge in [0.15, 0.2) is 17.5 Å². The average molecular weight is 543 g/mol. The first-order valence-corrected chi connectivity index (χ1v) is 10.6. The van der Waals surface area contributed by atoms with Crippen LogP contribution < -0.4 is 14.8 Å². The van der Waals surface area contributed by atoms with E-state index in [1.165, 1.54) is 5.56 Å². The van der Waals surface area contributed by atoms with E-state index in [2.05, 4.69) is 33.3 Å². The van der Waals surface area contributed by atoms with E-state index in [4.69, 9.17) is 19.0 Å². The molecule has 0 radical (unpaired) electrons. The first kappa shape index (κ1) is 25.3. The predicted molar refractivity (Wildman–Crippen MR) is 133 cm³/mol. The van der Waals surface area contributed by atoms with Crippen molar-refractivity contribution in [1.29, 1.82) is 0 Å². The molecule has 0 unspecified atom stereocenters. The van der Waals surface area contributed by atoms with Gasteiger partial charge in [0.05, 0.1) is 19.9 Å². The van der Waals surface area contributed by atoms with Crippen molar-refractivity contribution in [3.05, 3.63) is 41.8 Å². The highest BCUT2D eigenvalue weighted by Gasteiger charge is 2.20. The van der Waals surface area contributed by atoms with Gasteiger partial charge in [-0.3, -0.25) is 9.89 Å². The highest BCUT2D eigenvalue weighted by molar-refractivity contribution is 14.0. The summed E-state index contributed by atoms with van der Waals surface area (Å²) >= 11 is 0. The number of aliphatic imine (C=N–C) groups is 1. The molecule has 2 heterocycles. The molecule has 0 aliphatic carbocycles. The SMILES string of the molecule is CCNC(=NCCCc1ccc(OC)c(OC)c1)N1CCN(Cc2ccon2)CC1.I. The first-order valence-electron chi connectivity index (χ1n) is 10.6. The molecule has 1 fully saturated rings. The lowest BCUT2D eigenvalue weighted by atomic mass is 10.1. The summed E-state index contributed by atoms with van der Waals surface area (Å²) < 4.78 is 15.6. The number of nitrogens with one attached hydrogen (secondary N) is 1. The molecule has 1 aromatic carbocycles. The monoisotopic (exact) mass is 543 g/mol. The number of aryl methyl sites for hydroxylation is 1. The first-order chi connectivity index (χ1) is 14.7. The van der Waals surface area contributed by atoms with Crippen LogP contribution in [0, 0.1) is 0 Å². The Balaban J connectivity index is 0.00000341. The fourth-order valence-corrected chi connectivity index (χ4v) is 3.60. The quantitative estimate of drug-likeness (QED) is 0.226. The molecule has 0 saturated carbocycles. The van der Waals surface area contributed by atoms with Gasteiger partial charge < -0.3 is 24.2 Å². The highest BCUT2D eigenvalue weighted by atomic mass is 127. The van der Waals surface area contributed by atoms with E-state index >= 15 is 0 Å². The van der Waals surface area contributed by atoms with Crippen molar-refractivity contribution in [1.82, 2.24) is 20.3 Å². The molecule has 0 atom stereocenters. The Labute approximate surface area is 202 Å². The van der Waals surface area contributed by atoms with E-state index in [0.29, 0.717) is 0 Å². The van der Waals surface area contributed by atoms with Crippen molar-refractivity contribution < 1.29 is 14.0 Å². The number of aromatic nitrogens is 1. The van der Waals surface area contributed by atoms with Crippen molar-refractivity contribution in [2.75, 3.05) is 53.5 Å². The minimum Gasteiger partial charge on any atom is -0.493 e. The molecule has 0 amide bonds. The lowest BCUT2D eigenvalue weighted by Crippen LogP contribution is -2.52. The zero-order valence-corrected chi connectivity index (χ0v) is 21.0. The summed E-state index contributed by atoms with van der Waals surface area (Å²) in [6.07, 6.45) is 3.56. The number of benzene rings is 1. The molecular formula is C22H34IN5O3. The Bertz CT molecular complexity index is 792. The zero-order valence-electron chi connectivity index (χ0n) is 18.7. The lowest BCUT2D eigenvalue weighted by Gasteiger charge is -2.36. The van der Waals surface area contributed by atoms with Crippen LogP contribution in [0.1, 0.15) is 24.6 Å². The molecule has 1 aliphatic rings. The standard InChI is InChI=1S/C22H33N5O3.HI/c1-4-23-22(27-13-11-26(12-14-27)17-19-9-15-30-25-19)24-10-5-6-18-7-8-20(28-2)21(16-18)29-3;/h7-9,15-16H,4-6,10-14,17H2,1-3H3,(H,23,24);1H. The van der Waals surface area contributed by atoms with Crippen LogP contribution >= 0.6 is 24.0 Å². The Kier molecular flexibility index (Phi) is 10.9. The summed E-state index contributed by atoms with van der Waals surface area (Å²) in [5.74, 6) is 2.54. The van der Waals surface area contributed by atoms with Gasteiger partial charge in [0, 0.05) is 51.9 Å². The maximum Gasteiger partial charge on any atom is 0.194 e. The molecule has 0 bridgehead atoms. The van der Waals surface area contributed by atoms with Crippen LogP contribution in [-0.2, 0) is 13.0 Å². The lowest BCUT2D eigenvalue weighted by molar-refractivity contribution is 0.169. The number of hydrogen-bond acceptors (Lipinski definition) is 6. The Hall–Kier alpha value is -2.01. The second-order valence-corrected chi connectivity index (χ2v) is 7.28. The van der Waals surface area contributed by atoms with Crippen LogP contribution in [0.5, 0.6) is 11.5 Å². The Morgan fingerprint density at radius 3 is 2.55 bits per heavy atom. The summed E-state index contributed by atoms with van der Waals surface area (Å²) in [6.45, 7) is 8.50. The van der Waals surface area contributed by atoms with Gasteiger partial charge in [-0.2, -0.15) is 0 Å². The van der Waals surface area contributed by atoms with E-state index in [-0.39, 0.29) is 24.0 Å². The van der Waals surface area contributed by atoms with Crippen molar-refractivity contribution >= 4 is 29.9 Å². The van der Waals surface area contributed by atoms with Gasteiger partial charge in [0.1, 0.15) is 6.26 Å². The summed E-state index contributed by atoms with van der Waals surface area (Å²) in [6, 6.07) is 8.02. The smallest absolute Gasteiger partial charge is 0.194 e. The molecule has 9 heteroatoms. The van der Waals surface area contributed by atoms with Crippen molar-refractivity contribution in [3.63, 3.8) is 0 Å². The molecule has 1 aliphatic heterocycles. The summed E-state index contributed by atoms with van der Waals surface area (Å²) in [5, 5.41) is 7.45. The van der Waals surface area contributed by atoms with Gasteiger partial charge in [0.2, 0.25) is 0 Å². The molecule has 1 saturated heterocycles. The molecule has 172 valence electrons. The Morgan fingerprint density at radius 1 is 1.13 bits per heavy atom. The van der Waals surface area contributed by atoms with Crippen LogP contribution in [0.4, 0.5) is 0 Å². The summed E-state index contributed by atoms with van der Waals surface area (Å²) in [4.78, 5) is 9.60. The number of guanidine groups is 1. The second-order valence-electron chi connectivity index (χ2n) is 7.28. The fourth-order valence-electron chi connectivity index (χ4n) is 3.60. The van der Waals surface area contributed by atoms with Crippen LogP contribution in [0.15, 0.2) is 40.0 Å². The van der Waals surface area contributed by atoms with Crippen LogP contribution in [0.2, 0.25) is 0 Å². The molecule has 8 nitrogen and oxygen atoms in total. The number of halogens is 1. The third-order valence-corrected chi connectivity index (χ3v) is 5.22. The van der Waals surface area contributed by atoms with Crippen molar-refractivity contribution in [2.24, 2.45) is 4.99 Å². The van der Waals surface area contributed by atoms with Gasteiger partial charge in [-0.25, -0.2) is 0 Å². The van der Waals surface area contributed by atoms with Crippen LogP contribution in [0.3, 0.4) is 0 Å². The normalized spacial score (nSPS) is 14.8. The van der Waals surface area contributed by atoms with Crippen molar-refractivity contribution in [2.45, 2.75) is 26.3 Å². The summed E-state index contributed by atoms with van der Waals surface area (Å²) in [7, 11) is 3.32. The molecular weight excluding hydrogens is 509 g/mol. The van der Waals surface area contributed by atoms with E-state index < -0.39 is 0 Å². The van der Waals surface area contributed by atoms with E-state index in [0.717, 1.165) is 81.8 Å². The third kappa shape index (κ3) is 7.57. The number of methoxy groups -OCH3 is 2. The molecule has 1 aromatic heterocycles. The van der Waals surface area contributed by atoms with Gasteiger partial charge in [-0.1, -0.05) is 11.2 Å². The number of hydrogen-bond donors (Lipinski definition) is 1. The second kappa shape index (κ2) is 13.4. The van der Waals surface area contributed by atoms with Crippen LogP contribution in [0.25, 0.3) is 0 Å². The molecule has 31 heavy (non-hydrogen) atoms. The van der Waals surface area contributed by atoms with Crippen LogP contribution in [-0.4, -0.2) is 74.4 Å². The van der Waals surface area contributed by atoms with Gasteiger partial charge >= 0.3 is 0 Å². The fraction of sp³-hybridized carbons (Fsp3) is 0.545. The average Bonchev–Trinajstić information content (AvgIpc) is 3.29. The van der Waals surface area contributed by atoms with E-state index in [9.17, 15) is 0 Å². The highest BCUT2D eigenvalue weighted by Crippen LogP contribution is 2.27. The molecule has 3 rings (SSSR count). The predicted octanol–water partition coefficient (Wildman–Crippen LogP) is 3.03. The summed E-state index contributed by atoms with van der Waals surface area (Å²) in [5.41, 5.74) is 2.22. The third-order valence-electron chi connectivity index (χ3n) is 5.22. The van der Waals surface area contributed by atoms with Crippen molar-refractivity contribution in [3.8, 4) is 11.5 Å². The van der Waals surface area contributed by atoms with Gasteiger partial charge in [0.25, 0.3) is 0 Å². The number of ether oxygens (including phenoxy) is 2. The van der Waals surface area contributed by atoms with E-state index in [1.54, 1.807) is 20.5 Å². The molecule has 2 aromatic rings. The number of nitrogens with zero attached hydrogens (tertiary/aromatic N) is 4. The van der Waals surface area contributed by atoms with E-state index in [1.807, 2.05) is 18.2 Å². The number of rotatable bonds is 9. The molecule has 0 spiro atoms. The minimum absolute atomic E-state index is 0. The topological polar surface area (TPSA) is 75.4 Å². The molecule has 1 N–H and O–H groups in total. The number of piperazine rings is 1. The minimum atomic E-state index is 0. The Morgan fingerprint density at radius 2 is 1.90 bits per heavy atom.